The SMILES string of the molecule is O=C(O)/C=C/C(=O)O.OCCn1cc(-c2cnc3nnn(Cc4ccc5ncccc5c4)c3n2)cn1. The molecule has 5 rings (SSSR count). The smallest absolute Gasteiger partial charge is 0.328 e. The summed E-state index contributed by atoms with van der Waals surface area (Å²) >= 11 is 0. The number of nitrogens with zero attached hydrogens (tertiary/aromatic N) is 8. The Hall–Kier alpha value is -5.04. The summed E-state index contributed by atoms with van der Waals surface area (Å²) in [6, 6.07) is 10.1. The van der Waals surface area contributed by atoms with Crippen LogP contribution in [0.4, 0.5) is 0 Å². The van der Waals surface area contributed by atoms with Crippen LogP contribution in [-0.2, 0) is 22.7 Å². The van der Waals surface area contributed by atoms with Gasteiger partial charge in [-0.3, -0.25) is 9.67 Å². The van der Waals surface area contributed by atoms with Gasteiger partial charge in [-0.05, 0) is 23.8 Å². The first-order chi connectivity index (χ1) is 17.4. The van der Waals surface area contributed by atoms with Crippen molar-refractivity contribution in [1.29, 1.82) is 0 Å². The van der Waals surface area contributed by atoms with Gasteiger partial charge in [-0.1, -0.05) is 17.3 Å². The lowest BCUT2D eigenvalue weighted by atomic mass is 10.1. The standard InChI is InChI=1S/C19H16N8O.C4H4O4/c28-7-6-26-12-15(9-22-26)17-10-21-18-19(23-17)27(25-24-18)11-13-3-4-16-14(8-13)2-1-5-20-16;5-3(6)1-2-4(7)8/h1-5,8-10,12,28H,6-7,11H2;1-2H,(H,5,6)(H,7,8)/b;2-1+. The first-order valence-electron chi connectivity index (χ1n) is 10.6. The van der Waals surface area contributed by atoms with Crippen LogP contribution in [0.3, 0.4) is 0 Å². The number of pyridine rings is 1. The zero-order chi connectivity index (χ0) is 25.5. The molecule has 36 heavy (non-hydrogen) atoms. The van der Waals surface area contributed by atoms with Gasteiger partial charge in [0.15, 0.2) is 5.65 Å². The Morgan fingerprint density at radius 1 is 1.03 bits per heavy atom. The van der Waals surface area contributed by atoms with Gasteiger partial charge in [0.1, 0.15) is 0 Å². The van der Waals surface area contributed by atoms with Crippen LogP contribution in [-0.4, -0.2) is 73.6 Å². The molecule has 0 bridgehead atoms. The zero-order valence-corrected chi connectivity index (χ0v) is 18.7. The lowest BCUT2D eigenvalue weighted by Gasteiger charge is -2.04. The Morgan fingerprint density at radius 2 is 1.83 bits per heavy atom. The second-order valence-electron chi connectivity index (χ2n) is 7.41. The molecule has 0 spiro atoms. The highest BCUT2D eigenvalue weighted by Crippen LogP contribution is 2.19. The highest BCUT2D eigenvalue weighted by molar-refractivity contribution is 5.89. The topological polar surface area (TPSA) is 182 Å². The van der Waals surface area contributed by atoms with Crippen molar-refractivity contribution in [3.8, 4) is 11.3 Å². The summed E-state index contributed by atoms with van der Waals surface area (Å²) in [5.74, 6) is -2.51. The summed E-state index contributed by atoms with van der Waals surface area (Å²) in [6.07, 6.45) is 8.09. The fourth-order valence-corrected chi connectivity index (χ4v) is 3.26. The maximum atomic E-state index is 9.55. The van der Waals surface area contributed by atoms with E-state index in [1.54, 1.807) is 28.0 Å². The molecule has 0 aliphatic carbocycles. The number of hydrogen-bond acceptors (Lipinski definition) is 9. The normalized spacial score (nSPS) is 11.0. The van der Waals surface area contributed by atoms with E-state index in [2.05, 4.69) is 36.4 Å². The molecule has 0 fully saturated rings. The number of fused-ring (bicyclic) bond motifs is 2. The Kier molecular flexibility index (Phi) is 7.31. The molecule has 4 aromatic heterocycles. The number of aliphatic hydroxyl groups is 1. The van der Waals surface area contributed by atoms with Crippen LogP contribution in [0.5, 0.6) is 0 Å². The van der Waals surface area contributed by atoms with E-state index >= 15 is 0 Å². The van der Waals surface area contributed by atoms with Crippen LogP contribution in [0, 0.1) is 0 Å². The number of carboxylic acid groups (broad SMARTS) is 2. The van der Waals surface area contributed by atoms with Gasteiger partial charge in [0, 0.05) is 35.5 Å². The van der Waals surface area contributed by atoms with Crippen molar-refractivity contribution in [3.63, 3.8) is 0 Å². The molecule has 13 nitrogen and oxygen atoms in total. The van der Waals surface area contributed by atoms with Crippen molar-refractivity contribution >= 4 is 34.1 Å². The van der Waals surface area contributed by atoms with Crippen LogP contribution in [0.15, 0.2) is 67.3 Å². The number of aromatic nitrogens is 8. The molecule has 13 heteroatoms. The Bertz CT molecular complexity index is 1540. The lowest BCUT2D eigenvalue weighted by molar-refractivity contribution is -0.134. The highest BCUT2D eigenvalue weighted by Gasteiger charge is 2.12. The van der Waals surface area contributed by atoms with Gasteiger partial charge in [-0.2, -0.15) is 5.10 Å². The number of carbonyl (C=O) groups is 2. The van der Waals surface area contributed by atoms with Crippen molar-refractivity contribution in [2.24, 2.45) is 0 Å². The molecule has 0 saturated carbocycles. The quantitative estimate of drug-likeness (QED) is 0.281. The van der Waals surface area contributed by atoms with Gasteiger partial charge >= 0.3 is 11.9 Å². The first-order valence-corrected chi connectivity index (χ1v) is 10.6. The van der Waals surface area contributed by atoms with Crippen LogP contribution < -0.4 is 0 Å². The molecule has 0 radical (unpaired) electrons. The van der Waals surface area contributed by atoms with Gasteiger partial charge in [0.05, 0.1) is 43.3 Å². The number of aliphatic carboxylic acids is 2. The Morgan fingerprint density at radius 3 is 2.58 bits per heavy atom. The van der Waals surface area contributed by atoms with E-state index in [0.29, 0.717) is 42.2 Å². The number of carboxylic acids is 2. The third kappa shape index (κ3) is 5.90. The molecule has 1 aromatic carbocycles. The third-order valence-electron chi connectivity index (χ3n) is 4.85. The summed E-state index contributed by atoms with van der Waals surface area (Å²) in [5, 5.41) is 38.3. The number of hydrogen-bond donors (Lipinski definition) is 3. The average Bonchev–Trinajstić information content (AvgIpc) is 3.50. The van der Waals surface area contributed by atoms with Crippen molar-refractivity contribution in [2.75, 3.05) is 6.61 Å². The van der Waals surface area contributed by atoms with Crippen LogP contribution in [0.25, 0.3) is 33.5 Å². The minimum atomic E-state index is -1.26. The fourth-order valence-electron chi connectivity index (χ4n) is 3.26. The molecule has 0 aliphatic rings. The molecular weight excluding hydrogens is 468 g/mol. The molecule has 0 unspecified atom stereocenters. The molecule has 3 N–H and O–H groups in total. The van der Waals surface area contributed by atoms with Gasteiger partial charge in [-0.15, -0.1) is 5.10 Å². The predicted molar refractivity (Wildman–Crippen MR) is 127 cm³/mol. The fraction of sp³-hybridized carbons (Fsp3) is 0.130. The number of rotatable bonds is 7. The molecule has 0 atom stereocenters. The maximum Gasteiger partial charge on any atom is 0.328 e. The van der Waals surface area contributed by atoms with Crippen molar-refractivity contribution in [2.45, 2.75) is 13.1 Å². The van der Waals surface area contributed by atoms with E-state index in [0.717, 1.165) is 22.0 Å². The molecule has 0 aliphatic heterocycles. The Labute approximate surface area is 203 Å². The molecule has 4 heterocycles. The highest BCUT2D eigenvalue weighted by atomic mass is 16.4. The zero-order valence-electron chi connectivity index (χ0n) is 18.7. The summed E-state index contributed by atoms with van der Waals surface area (Å²) in [7, 11) is 0. The van der Waals surface area contributed by atoms with E-state index in [9.17, 15) is 9.59 Å². The molecule has 0 amide bonds. The van der Waals surface area contributed by atoms with E-state index in [-0.39, 0.29) is 6.61 Å². The van der Waals surface area contributed by atoms with Crippen LogP contribution >= 0.6 is 0 Å². The predicted octanol–water partition coefficient (Wildman–Crippen LogP) is 1.39. The van der Waals surface area contributed by atoms with E-state index in [1.807, 2.05) is 30.5 Å². The lowest BCUT2D eigenvalue weighted by Crippen LogP contribution is -2.03. The second kappa shape index (κ2) is 10.9. The maximum absolute atomic E-state index is 9.55. The summed E-state index contributed by atoms with van der Waals surface area (Å²) in [6.45, 7) is 0.999. The monoisotopic (exact) mass is 488 g/mol. The van der Waals surface area contributed by atoms with E-state index in [4.69, 9.17) is 15.3 Å². The summed E-state index contributed by atoms with van der Waals surface area (Å²) in [5.41, 5.74) is 4.65. The van der Waals surface area contributed by atoms with Crippen molar-refractivity contribution < 1.29 is 24.9 Å². The molecule has 5 aromatic rings. The van der Waals surface area contributed by atoms with Crippen LogP contribution in [0.2, 0.25) is 0 Å². The average molecular weight is 488 g/mol. The van der Waals surface area contributed by atoms with Gasteiger partial charge in [0.2, 0.25) is 5.65 Å². The molecule has 182 valence electrons. The number of benzene rings is 1. The van der Waals surface area contributed by atoms with Gasteiger partial charge in [0.25, 0.3) is 0 Å². The van der Waals surface area contributed by atoms with Crippen molar-refractivity contribution in [1.82, 2.24) is 39.7 Å². The third-order valence-corrected chi connectivity index (χ3v) is 4.85. The van der Waals surface area contributed by atoms with E-state index in [1.165, 1.54) is 0 Å². The summed E-state index contributed by atoms with van der Waals surface area (Å²) in [4.78, 5) is 32.5. The second-order valence-corrected chi connectivity index (χ2v) is 7.41. The first kappa shape index (κ1) is 24.1. The molecular formula is C23H20N8O5. The minimum Gasteiger partial charge on any atom is -0.478 e. The molecule has 0 saturated heterocycles. The van der Waals surface area contributed by atoms with Crippen molar-refractivity contribution in [3.05, 3.63) is 72.8 Å². The van der Waals surface area contributed by atoms with E-state index < -0.39 is 11.9 Å². The van der Waals surface area contributed by atoms with Gasteiger partial charge < -0.3 is 15.3 Å². The van der Waals surface area contributed by atoms with Gasteiger partial charge in [-0.25, -0.2) is 24.2 Å². The minimum absolute atomic E-state index is 0.0315. The number of aliphatic hydroxyl groups excluding tert-OH is 1. The summed E-state index contributed by atoms with van der Waals surface area (Å²) < 4.78 is 3.40. The van der Waals surface area contributed by atoms with Crippen LogP contribution in [0.1, 0.15) is 5.56 Å². The largest absolute Gasteiger partial charge is 0.478 e. The Balaban J connectivity index is 0.000000331.